The van der Waals surface area contributed by atoms with Crippen molar-refractivity contribution in [2.45, 2.75) is 28.7 Å². The van der Waals surface area contributed by atoms with Gasteiger partial charge in [0, 0.05) is 42.6 Å². The topological polar surface area (TPSA) is 68.3 Å². The molecule has 0 aliphatic carbocycles. The Bertz CT molecular complexity index is 1020. The molecule has 1 amide bonds. The van der Waals surface area contributed by atoms with E-state index in [0.29, 0.717) is 30.9 Å². The van der Waals surface area contributed by atoms with E-state index in [-0.39, 0.29) is 24.6 Å². The average Bonchev–Trinajstić information content (AvgIpc) is 3.34. The fourth-order valence-electron chi connectivity index (χ4n) is 4.36. The van der Waals surface area contributed by atoms with Crippen molar-refractivity contribution < 1.29 is 23.8 Å². The molecule has 2 saturated heterocycles. The first kappa shape index (κ1) is 22.4. The van der Waals surface area contributed by atoms with Crippen molar-refractivity contribution in [1.29, 1.82) is 0 Å². The van der Waals surface area contributed by atoms with E-state index >= 15 is 0 Å². The molecule has 3 aliphatic rings. The Morgan fingerprint density at radius 2 is 1.91 bits per heavy atom. The van der Waals surface area contributed by atoms with Gasteiger partial charge < -0.3 is 19.1 Å². The number of morpholine rings is 1. The van der Waals surface area contributed by atoms with Crippen molar-refractivity contribution in [3.63, 3.8) is 0 Å². The minimum Gasteiger partial charge on any atom is -0.459 e. The maximum Gasteiger partial charge on any atom is 0.338 e. The van der Waals surface area contributed by atoms with Crippen molar-refractivity contribution in [3.05, 3.63) is 53.6 Å². The molecular weight excluding hydrogens is 440 g/mol. The fourth-order valence-corrected chi connectivity index (χ4v) is 5.42. The van der Waals surface area contributed by atoms with Gasteiger partial charge in [0.2, 0.25) is 0 Å². The van der Waals surface area contributed by atoms with Crippen LogP contribution in [0.2, 0.25) is 0 Å². The number of hydrogen-bond donors (Lipinski definition) is 0. The summed E-state index contributed by atoms with van der Waals surface area (Å²) in [4.78, 5) is 32.3. The highest BCUT2D eigenvalue weighted by molar-refractivity contribution is 7.99. The van der Waals surface area contributed by atoms with Crippen LogP contribution >= 0.6 is 11.8 Å². The highest BCUT2D eigenvalue weighted by Gasteiger charge is 2.29. The molecular formula is C25H28N2O5S. The second kappa shape index (κ2) is 10.3. The van der Waals surface area contributed by atoms with E-state index in [1.807, 2.05) is 30.3 Å². The maximum atomic E-state index is 13.6. The van der Waals surface area contributed by atoms with Gasteiger partial charge in [0.05, 0.1) is 36.1 Å². The predicted octanol–water partition coefficient (Wildman–Crippen LogP) is 3.47. The zero-order valence-corrected chi connectivity index (χ0v) is 19.4. The van der Waals surface area contributed by atoms with Gasteiger partial charge in [-0.1, -0.05) is 23.9 Å². The number of fused-ring (bicyclic) bond motifs is 2. The number of benzene rings is 2. The lowest BCUT2D eigenvalue weighted by Crippen LogP contribution is -2.43. The highest BCUT2D eigenvalue weighted by Crippen LogP contribution is 2.41. The van der Waals surface area contributed by atoms with Gasteiger partial charge in [0.1, 0.15) is 6.61 Å². The highest BCUT2D eigenvalue weighted by atomic mass is 32.2. The first-order valence-corrected chi connectivity index (χ1v) is 12.3. The Kier molecular flexibility index (Phi) is 6.96. The molecule has 0 N–H and O–H groups in total. The van der Waals surface area contributed by atoms with Gasteiger partial charge in [0.15, 0.2) is 0 Å². The Labute approximate surface area is 198 Å². The molecule has 1 unspecified atom stereocenters. The Balaban J connectivity index is 1.40. The van der Waals surface area contributed by atoms with Gasteiger partial charge in [-0.3, -0.25) is 9.69 Å². The number of esters is 1. The van der Waals surface area contributed by atoms with Gasteiger partial charge >= 0.3 is 5.97 Å². The molecule has 0 spiro atoms. The first-order chi connectivity index (χ1) is 16.2. The SMILES string of the molecule is O=C(OCC1CCCO1)c1ccc2c(c1)N(CCN1CCOCC1)C(=O)c1ccccc1S2. The smallest absolute Gasteiger partial charge is 0.338 e. The molecule has 2 aromatic carbocycles. The molecule has 7 nitrogen and oxygen atoms in total. The van der Waals surface area contributed by atoms with Crippen molar-refractivity contribution in [1.82, 2.24) is 4.90 Å². The summed E-state index contributed by atoms with van der Waals surface area (Å²) >= 11 is 1.56. The summed E-state index contributed by atoms with van der Waals surface area (Å²) in [5.74, 6) is -0.435. The third-order valence-electron chi connectivity index (χ3n) is 6.24. The average molecular weight is 469 g/mol. The predicted molar refractivity (Wildman–Crippen MR) is 125 cm³/mol. The fraction of sp³-hybridized carbons (Fsp3) is 0.440. The third-order valence-corrected chi connectivity index (χ3v) is 7.38. The zero-order valence-electron chi connectivity index (χ0n) is 18.5. The summed E-state index contributed by atoms with van der Waals surface area (Å²) < 4.78 is 16.5. The molecule has 5 rings (SSSR count). The molecule has 33 heavy (non-hydrogen) atoms. The van der Waals surface area contributed by atoms with E-state index in [2.05, 4.69) is 4.90 Å². The molecule has 174 valence electrons. The number of carbonyl (C=O) groups excluding carboxylic acids is 2. The van der Waals surface area contributed by atoms with Crippen LogP contribution in [0.3, 0.4) is 0 Å². The van der Waals surface area contributed by atoms with Crippen molar-refractivity contribution >= 4 is 29.3 Å². The summed E-state index contributed by atoms with van der Waals surface area (Å²) in [5.41, 5.74) is 1.88. The minimum atomic E-state index is -0.388. The molecule has 0 saturated carbocycles. The largest absolute Gasteiger partial charge is 0.459 e. The number of ether oxygens (including phenoxy) is 3. The van der Waals surface area contributed by atoms with Gasteiger partial charge in [-0.15, -0.1) is 0 Å². The molecule has 0 radical (unpaired) electrons. The second-order valence-corrected chi connectivity index (χ2v) is 9.51. The van der Waals surface area contributed by atoms with E-state index in [1.54, 1.807) is 28.8 Å². The molecule has 0 aromatic heterocycles. The number of nitrogens with zero attached hydrogens (tertiary/aromatic N) is 2. The normalized spacial score (nSPS) is 20.8. The summed E-state index contributed by atoms with van der Waals surface area (Å²) in [6, 6.07) is 13.2. The summed E-state index contributed by atoms with van der Waals surface area (Å²) in [7, 11) is 0. The number of anilines is 1. The van der Waals surface area contributed by atoms with Gasteiger partial charge in [-0.05, 0) is 43.2 Å². The lowest BCUT2D eigenvalue weighted by Gasteiger charge is -2.30. The minimum absolute atomic E-state index is 0.0218. The van der Waals surface area contributed by atoms with Crippen LogP contribution in [0.15, 0.2) is 52.3 Å². The summed E-state index contributed by atoms with van der Waals surface area (Å²) in [6.45, 7) is 5.40. The van der Waals surface area contributed by atoms with E-state index in [9.17, 15) is 9.59 Å². The zero-order chi connectivity index (χ0) is 22.6. The van der Waals surface area contributed by atoms with Crippen molar-refractivity contribution in [3.8, 4) is 0 Å². The van der Waals surface area contributed by atoms with Crippen molar-refractivity contribution in [2.75, 3.05) is 57.5 Å². The monoisotopic (exact) mass is 468 g/mol. The molecule has 8 heteroatoms. The van der Waals surface area contributed by atoms with Crippen LogP contribution in [0.4, 0.5) is 5.69 Å². The molecule has 2 aromatic rings. The summed E-state index contributed by atoms with van der Waals surface area (Å²) in [5, 5.41) is 0. The van der Waals surface area contributed by atoms with Gasteiger partial charge in [-0.25, -0.2) is 4.79 Å². The van der Waals surface area contributed by atoms with Crippen LogP contribution in [0, 0.1) is 0 Å². The molecule has 0 bridgehead atoms. The van der Waals surface area contributed by atoms with E-state index < -0.39 is 0 Å². The van der Waals surface area contributed by atoms with E-state index in [4.69, 9.17) is 14.2 Å². The quantitative estimate of drug-likeness (QED) is 0.602. The Morgan fingerprint density at radius 1 is 1.06 bits per heavy atom. The van der Waals surface area contributed by atoms with Crippen LogP contribution in [-0.4, -0.2) is 75.5 Å². The lowest BCUT2D eigenvalue weighted by atomic mass is 10.1. The molecule has 3 aliphatic heterocycles. The second-order valence-electron chi connectivity index (χ2n) is 8.43. The first-order valence-electron chi connectivity index (χ1n) is 11.5. The van der Waals surface area contributed by atoms with E-state index in [1.165, 1.54) is 0 Å². The number of hydrogen-bond acceptors (Lipinski definition) is 7. The number of rotatable bonds is 6. The molecule has 2 fully saturated rings. The van der Waals surface area contributed by atoms with Crippen LogP contribution in [0.5, 0.6) is 0 Å². The summed E-state index contributed by atoms with van der Waals surface area (Å²) in [6.07, 6.45) is 1.89. The Hall–Kier alpha value is -2.39. The lowest BCUT2D eigenvalue weighted by molar-refractivity contribution is 0.0161. The van der Waals surface area contributed by atoms with Gasteiger partial charge in [-0.2, -0.15) is 0 Å². The van der Waals surface area contributed by atoms with Crippen LogP contribution in [0.25, 0.3) is 0 Å². The van der Waals surface area contributed by atoms with Gasteiger partial charge in [0.25, 0.3) is 5.91 Å². The van der Waals surface area contributed by atoms with Crippen LogP contribution in [0.1, 0.15) is 33.6 Å². The standard InChI is InChI=1S/C25H28N2O5S/c28-24-20-5-1-2-6-22(20)33-23-8-7-18(25(29)32-17-19-4-3-13-31-19)16-21(23)27(24)10-9-26-11-14-30-15-12-26/h1-2,5-8,16,19H,3-4,9-15,17H2. The number of carbonyl (C=O) groups is 2. The molecule has 3 heterocycles. The third kappa shape index (κ3) is 5.09. The van der Waals surface area contributed by atoms with Crippen LogP contribution in [-0.2, 0) is 14.2 Å². The maximum absolute atomic E-state index is 13.6. The number of amides is 1. The van der Waals surface area contributed by atoms with E-state index in [0.717, 1.165) is 54.6 Å². The van der Waals surface area contributed by atoms with Crippen LogP contribution < -0.4 is 4.90 Å². The Morgan fingerprint density at radius 3 is 2.73 bits per heavy atom. The van der Waals surface area contributed by atoms with Crippen molar-refractivity contribution in [2.24, 2.45) is 0 Å². The molecule has 1 atom stereocenters.